The Morgan fingerprint density at radius 2 is 1.04 bits per heavy atom. The predicted octanol–water partition coefficient (Wildman–Crippen LogP) is 6.02. The zero-order chi connectivity index (χ0) is 21.5. The van der Waals surface area contributed by atoms with E-state index >= 15 is 0 Å². The summed E-state index contributed by atoms with van der Waals surface area (Å²) < 4.78 is 32.8. The minimum absolute atomic E-state index is 0.243. The summed E-state index contributed by atoms with van der Waals surface area (Å²) in [6.45, 7) is 7.85. The molecule has 1 N–H and O–H groups in total. The van der Waals surface area contributed by atoms with Gasteiger partial charge < -0.3 is 5.11 Å². The van der Waals surface area contributed by atoms with Crippen LogP contribution in [0.5, 0.6) is 0 Å². The molecule has 7 heteroatoms. The lowest BCUT2D eigenvalue weighted by molar-refractivity contribution is -0.131. The van der Waals surface area contributed by atoms with Crippen molar-refractivity contribution in [2.24, 2.45) is 0 Å². The highest BCUT2D eigenvalue weighted by Crippen LogP contribution is 2.09. The van der Waals surface area contributed by atoms with Gasteiger partial charge in [0.25, 0.3) is 0 Å². The predicted molar refractivity (Wildman–Crippen MR) is 115 cm³/mol. The maximum Gasteiger partial charge on any atom is 0.399 e. The van der Waals surface area contributed by atoms with E-state index in [9.17, 15) is 13.2 Å². The van der Waals surface area contributed by atoms with Gasteiger partial charge in [0.1, 0.15) is 0 Å². The molecule has 0 aromatic rings. The first kappa shape index (κ1) is 29.3. The fraction of sp³-hybridized carbons (Fsp3) is 0.857. The van der Waals surface area contributed by atoms with Crippen LogP contribution in [0.3, 0.4) is 0 Å². The lowest BCUT2D eigenvalue weighted by Gasteiger charge is -2.06. The fourth-order valence-electron chi connectivity index (χ4n) is 2.47. The van der Waals surface area contributed by atoms with Gasteiger partial charge in [-0.2, -0.15) is 8.42 Å². The third kappa shape index (κ3) is 27.3. The minimum Gasteiger partial charge on any atom is -0.478 e. The Hall–Kier alpha value is -0.920. The van der Waals surface area contributed by atoms with E-state index < -0.39 is 16.4 Å². The highest BCUT2D eigenvalue weighted by atomic mass is 32.3. The van der Waals surface area contributed by atoms with Crippen LogP contribution in [0.1, 0.15) is 104 Å². The van der Waals surface area contributed by atoms with E-state index in [1.165, 1.54) is 51.4 Å². The van der Waals surface area contributed by atoms with Gasteiger partial charge in [-0.1, -0.05) is 97.5 Å². The number of carboxylic acid groups (broad SMARTS) is 1. The van der Waals surface area contributed by atoms with Crippen LogP contribution < -0.4 is 0 Å². The molecule has 0 aliphatic rings. The molecule has 0 saturated heterocycles. The van der Waals surface area contributed by atoms with Crippen LogP contribution >= 0.6 is 0 Å². The summed E-state index contributed by atoms with van der Waals surface area (Å²) >= 11 is 0. The van der Waals surface area contributed by atoms with Gasteiger partial charge in [0, 0.05) is 6.08 Å². The highest BCUT2D eigenvalue weighted by Gasteiger charge is 2.10. The van der Waals surface area contributed by atoms with Crippen LogP contribution in [0.4, 0.5) is 0 Å². The third-order valence-electron chi connectivity index (χ3n) is 4.13. The van der Waals surface area contributed by atoms with Gasteiger partial charge in [0.05, 0.1) is 13.2 Å². The van der Waals surface area contributed by atoms with E-state index in [-0.39, 0.29) is 13.2 Å². The third-order valence-corrected chi connectivity index (χ3v) is 5.04. The molecule has 0 atom stereocenters. The van der Waals surface area contributed by atoms with Crippen LogP contribution in [0, 0.1) is 0 Å². The van der Waals surface area contributed by atoms with E-state index in [2.05, 4.69) is 20.4 Å². The molecule has 0 aliphatic heterocycles. The summed E-state index contributed by atoms with van der Waals surface area (Å²) in [4.78, 5) is 9.25. The van der Waals surface area contributed by atoms with Gasteiger partial charge >= 0.3 is 16.4 Å². The van der Waals surface area contributed by atoms with E-state index in [1.54, 1.807) is 0 Å². The number of aliphatic carboxylic acids is 1. The highest BCUT2D eigenvalue weighted by molar-refractivity contribution is 7.81. The van der Waals surface area contributed by atoms with Crippen molar-refractivity contribution < 1.29 is 26.7 Å². The Morgan fingerprint density at radius 3 is 1.32 bits per heavy atom. The minimum atomic E-state index is -3.78. The lowest BCUT2D eigenvalue weighted by Crippen LogP contribution is -2.12. The number of rotatable bonds is 19. The Labute approximate surface area is 173 Å². The second-order valence-electron chi connectivity index (χ2n) is 6.84. The molecule has 0 heterocycles. The van der Waals surface area contributed by atoms with Crippen molar-refractivity contribution in [3.8, 4) is 0 Å². The molecule has 0 unspecified atom stereocenters. The second kappa shape index (κ2) is 22.4. The zero-order valence-corrected chi connectivity index (χ0v) is 18.8. The molecule has 168 valence electrons. The smallest absolute Gasteiger partial charge is 0.399 e. The Kier molecular flexibility index (Phi) is 23.4. The SMILES string of the molecule is C=CC(=O)O.CCCCCCCCCOS(=O)(=O)OCCCCCCCCC. The lowest BCUT2D eigenvalue weighted by atomic mass is 10.1. The first-order valence-corrected chi connectivity index (χ1v) is 12.1. The van der Waals surface area contributed by atoms with Crippen LogP contribution in [0.15, 0.2) is 12.7 Å². The van der Waals surface area contributed by atoms with Gasteiger partial charge in [-0.25, -0.2) is 13.2 Å². The molecular weight excluding hydrogens is 380 g/mol. The molecule has 0 fully saturated rings. The molecule has 0 rings (SSSR count). The molecule has 0 saturated carbocycles. The molecule has 0 aliphatic carbocycles. The summed E-state index contributed by atoms with van der Waals surface area (Å²) in [7, 11) is -3.78. The van der Waals surface area contributed by atoms with E-state index in [4.69, 9.17) is 13.5 Å². The van der Waals surface area contributed by atoms with E-state index in [0.717, 1.165) is 44.6 Å². The van der Waals surface area contributed by atoms with Gasteiger partial charge in [-0.3, -0.25) is 0 Å². The molecule has 0 bridgehead atoms. The molecule has 28 heavy (non-hydrogen) atoms. The molecule has 0 amide bonds. The number of unbranched alkanes of at least 4 members (excludes halogenated alkanes) is 12. The molecule has 6 nitrogen and oxygen atoms in total. The average molecular weight is 423 g/mol. The molecule has 0 spiro atoms. The monoisotopic (exact) mass is 422 g/mol. The van der Waals surface area contributed by atoms with Gasteiger partial charge in [-0.05, 0) is 12.8 Å². The maximum atomic E-state index is 11.5. The number of carboxylic acids is 1. The summed E-state index contributed by atoms with van der Waals surface area (Å²) in [5, 5.41) is 7.60. The van der Waals surface area contributed by atoms with Crippen molar-refractivity contribution >= 4 is 16.4 Å². The normalized spacial score (nSPS) is 10.9. The van der Waals surface area contributed by atoms with Crippen LogP contribution in [-0.2, 0) is 23.6 Å². The van der Waals surface area contributed by atoms with Crippen molar-refractivity contribution in [3.05, 3.63) is 12.7 Å². The van der Waals surface area contributed by atoms with Crippen LogP contribution in [0.2, 0.25) is 0 Å². The Bertz CT molecular complexity index is 422. The van der Waals surface area contributed by atoms with Crippen molar-refractivity contribution in [1.82, 2.24) is 0 Å². The van der Waals surface area contributed by atoms with Gasteiger partial charge in [0.15, 0.2) is 0 Å². The standard InChI is InChI=1S/C18H38O4S.C3H4O2/c1-3-5-7-9-11-13-15-17-21-23(19,20)22-18-16-14-12-10-8-6-4-2;1-2-3(4)5/h3-18H2,1-2H3;2H,1H2,(H,4,5). The molecule has 0 aromatic carbocycles. The second-order valence-corrected chi connectivity index (χ2v) is 8.13. The fourth-order valence-corrected chi connectivity index (χ4v) is 3.19. The quantitative estimate of drug-likeness (QED) is 0.202. The maximum absolute atomic E-state index is 11.5. The first-order valence-electron chi connectivity index (χ1n) is 10.8. The topological polar surface area (TPSA) is 89.9 Å². The summed E-state index contributed by atoms with van der Waals surface area (Å²) in [6, 6.07) is 0. The average Bonchev–Trinajstić information content (AvgIpc) is 2.66. The Balaban J connectivity index is 0. The van der Waals surface area contributed by atoms with Crippen molar-refractivity contribution in [2.45, 2.75) is 104 Å². The van der Waals surface area contributed by atoms with Crippen molar-refractivity contribution in [1.29, 1.82) is 0 Å². The first-order chi connectivity index (χ1) is 13.4. The number of carbonyl (C=O) groups is 1. The summed E-state index contributed by atoms with van der Waals surface area (Å²) in [5.41, 5.74) is 0. The number of hydrogen-bond donors (Lipinski definition) is 1. The summed E-state index contributed by atoms with van der Waals surface area (Å²) in [6.07, 6.45) is 16.8. The Morgan fingerprint density at radius 1 is 0.750 bits per heavy atom. The van der Waals surface area contributed by atoms with Crippen LogP contribution in [-0.4, -0.2) is 32.7 Å². The van der Waals surface area contributed by atoms with Gasteiger partial charge in [-0.15, -0.1) is 0 Å². The van der Waals surface area contributed by atoms with Gasteiger partial charge in [0.2, 0.25) is 0 Å². The molecule has 0 aromatic heterocycles. The largest absolute Gasteiger partial charge is 0.478 e. The van der Waals surface area contributed by atoms with Crippen molar-refractivity contribution in [2.75, 3.05) is 13.2 Å². The number of hydrogen-bond acceptors (Lipinski definition) is 5. The zero-order valence-electron chi connectivity index (χ0n) is 18.0. The van der Waals surface area contributed by atoms with E-state index in [1.807, 2.05) is 0 Å². The van der Waals surface area contributed by atoms with Crippen LogP contribution in [0.25, 0.3) is 0 Å². The molecular formula is C21H42O6S. The molecule has 0 radical (unpaired) electrons. The van der Waals surface area contributed by atoms with E-state index in [0.29, 0.717) is 0 Å². The van der Waals surface area contributed by atoms with Crippen molar-refractivity contribution in [3.63, 3.8) is 0 Å². The summed E-state index contributed by atoms with van der Waals surface area (Å²) in [5.74, 6) is -0.981.